The zero-order chi connectivity index (χ0) is 15.0. The molecule has 0 aromatic heterocycles. The van der Waals surface area contributed by atoms with Gasteiger partial charge in [-0.05, 0) is 0 Å². The summed E-state index contributed by atoms with van der Waals surface area (Å²) in [5.41, 5.74) is -1.22. The molecule has 1 aliphatic heterocycles. The average molecular weight is 245 g/mol. The predicted octanol–water partition coefficient (Wildman–Crippen LogP) is -1.07. The third kappa shape index (κ3) is 3.05. The molecule has 1 heterocycles. The number of hydrogen-bond donors (Lipinski definition) is 4. The minimum atomic E-state index is -2.61. The molecule has 0 bridgehead atoms. The highest BCUT2D eigenvalue weighted by Crippen LogP contribution is 2.30. The Hall–Kier alpha value is 0.150. The van der Waals surface area contributed by atoms with E-state index >= 15 is 0 Å². The molecule has 0 spiro atoms. The van der Waals surface area contributed by atoms with Crippen LogP contribution in [0.4, 0.5) is 0 Å². The Morgan fingerprint density at radius 1 is 1.53 bits per heavy atom. The maximum absolute atomic E-state index is 9.75. The lowest BCUT2D eigenvalue weighted by atomic mass is 10.0. The van der Waals surface area contributed by atoms with Crippen LogP contribution in [0.15, 0.2) is 0 Å². The standard InChI is InChI=1S/C9H18O5S/c1-4(2)15-9-8(13)7(12)6(11)5(3-10)14-9/h4-13H,3H2,1-2H3/t5-,6+,7+,8-,9?/m1/s1/i1T2D,4T/t4?,5-,6+,7+,8-,9?. The largest absolute Gasteiger partial charge is 0.394 e. The van der Waals surface area contributed by atoms with E-state index in [-0.39, 0.29) is 0 Å². The molecular formula is C9H18O5S. The first kappa shape index (κ1) is 8.27. The molecule has 2 unspecified atom stereocenters. The summed E-state index contributed by atoms with van der Waals surface area (Å²) < 4.78 is 34.6. The Labute approximate surface area is 98.7 Å². The molecule has 6 atom stereocenters. The molecule has 0 radical (unpaired) electrons. The van der Waals surface area contributed by atoms with Crippen LogP contribution in [0.2, 0.25) is 0 Å². The summed E-state index contributed by atoms with van der Waals surface area (Å²) in [6, 6.07) is 0. The van der Waals surface area contributed by atoms with E-state index < -0.39 is 48.5 Å². The highest BCUT2D eigenvalue weighted by atomic mass is 32.2. The minimum Gasteiger partial charge on any atom is -0.394 e. The van der Waals surface area contributed by atoms with Crippen LogP contribution in [-0.4, -0.2) is 62.1 Å². The third-order valence-corrected chi connectivity index (χ3v) is 3.12. The summed E-state index contributed by atoms with van der Waals surface area (Å²) in [7, 11) is 0. The van der Waals surface area contributed by atoms with Gasteiger partial charge in [0, 0.05) is 10.7 Å². The van der Waals surface area contributed by atoms with Crippen LogP contribution >= 0.6 is 11.8 Å². The van der Waals surface area contributed by atoms with Crippen molar-refractivity contribution in [2.24, 2.45) is 0 Å². The summed E-state index contributed by atoms with van der Waals surface area (Å²) >= 11 is 0.512. The lowest BCUT2D eigenvalue weighted by Gasteiger charge is -2.40. The minimum absolute atomic E-state index is 0.512. The second-order valence-electron chi connectivity index (χ2n) is 3.37. The molecular weight excluding hydrogens is 220 g/mol. The fourth-order valence-electron chi connectivity index (χ4n) is 1.34. The van der Waals surface area contributed by atoms with Crippen LogP contribution in [0.3, 0.4) is 0 Å². The molecule has 5 nitrogen and oxygen atoms in total. The number of ether oxygens (including phenoxy) is 1. The maximum Gasteiger partial charge on any atom is 0.132 e. The van der Waals surface area contributed by atoms with Crippen LogP contribution < -0.4 is 0 Å². The first-order valence-electron chi connectivity index (χ1n) is 6.49. The van der Waals surface area contributed by atoms with E-state index in [0.717, 1.165) is 6.92 Å². The molecule has 4 N–H and O–H groups in total. The van der Waals surface area contributed by atoms with Crippen molar-refractivity contribution in [1.29, 1.82) is 0 Å². The van der Waals surface area contributed by atoms with Crippen LogP contribution in [0.5, 0.6) is 0 Å². The highest BCUT2D eigenvalue weighted by Gasteiger charge is 2.43. The van der Waals surface area contributed by atoms with Crippen molar-refractivity contribution >= 4 is 11.8 Å². The number of aliphatic hydroxyl groups is 4. The van der Waals surface area contributed by atoms with E-state index in [1.165, 1.54) is 0 Å². The molecule has 1 rings (SSSR count). The fourth-order valence-corrected chi connectivity index (χ4v) is 2.19. The topological polar surface area (TPSA) is 90.2 Å². The first-order valence-corrected chi connectivity index (χ1v) is 5.37. The van der Waals surface area contributed by atoms with Crippen molar-refractivity contribution < 1.29 is 30.6 Å². The van der Waals surface area contributed by atoms with Crippen molar-refractivity contribution in [2.75, 3.05) is 6.61 Å². The molecule has 15 heavy (non-hydrogen) atoms. The van der Waals surface area contributed by atoms with E-state index in [2.05, 4.69) is 0 Å². The van der Waals surface area contributed by atoms with Gasteiger partial charge in [0.05, 0.1) is 6.61 Å². The summed E-state index contributed by atoms with van der Waals surface area (Å²) in [5, 5.41) is 35.9. The van der Waals surface area contributed by atoms with Crippen molar-refractivity contribution in [2.45, 2.75) is 48.9 Å². The van der Waals surface area contributed by atoms with Crippen LogP contribution in [0, 0.1) is 0 Å². The SMILES string of the molecule is [2H]C([3H])([3H])C([3H])(C)SC1O[C@H](CO)[C@H](O)[C@H](O)[C@H]1O. The van der Waals surface area contributed by atoms with Gasteiger partial charge in [0.15, 0.2) is 0 Å². The second-order valence-corrected chi connectivity index (χ2v) is 4.68. The number of aliphatic hydroxyl groups excluding tert-OH is 4. The molecule has 1 saturated heterocycles. The van der Waals surface area contributed by atoms with E-state index in [9.17, 15) is 15.3 Å². The van der Waals surface area contributed by atoms with Gasteiger partial charge in [-0.3, -0.25) is 0 Å². The third-order valence-electron chi connectivity index (χ3n) is 2.14. The highest BCUT2D eigenvalue weighted by molar-refractivity contribution is 8.00. The normalized spacial score (nSPS) is 50.9. The van der Waals surface area contributed by atoms with E-state index in [1.807, 2.05) is 0 Å². The molecule has 6 heteroatoms. The summed E-state index contributed by atoms with van der Waals surface area (Å²) in [4.78, 5) is 0. The van der Waals surface area contributed by atoms with Crippen LogP contribution in [-0.2, 0) is 4.74 Å². The molecule has 1 aliphatic rings. The molecule has 0 aliphatic carbocycles. The summed E-state index contributed by atoms with van der Waals surface area (Å²) in [6.07, 6.45) is -5.73. The van der Waals surface area contributed by atoms with Gasteiger partial charge < -0.3 is 25.2 Å². The van der Waals surface area contributed by atoms with Crippen molar-refractivity contribution in [3.05, 3.63) is 0 Å². The summed E-state index contributed by atoms with van der Waals surface area (Å²) in [6.45, 7) is -2.06. The molecule has 1 fully saturated rings. The fraction of sp³-hybridized carbons (Fsp3) is 1.00. The van der Waals surface area contributed by atoms with Gasteiger partial charge in [0.1, 0.15) is 29.9 Å². The smallest absolute Gasteiger partial charge is 0.132 e. The van der Waals surface area contributed by atoms with Crippen LogP contribution in [0.25, 0.3) is 0 Å². The van der Waals surface area contributed by atoms with Gasteiger partial charge in [0.2, 0.25) is 0 Å². The monoisotopic (exact) mass is 245 g/mol. The Kier molecular flexibility index (Phi) is 3.02. The van der Waals surface area contributed by atoms with E-state index in [4.69, 9.17) is 15.3 Å². The van der Waals surface area contributed by atoms with Gasteiger partial charge in [-0.2, -0.15) is 0 Å². The van der Waals surface area contributed by atoms with Crippen molar-refractivity contribution in [3.8, 4) is 0 Å². The summed E-state index contributed by atoms with van der Waals surface area (Å²) in [5.74, 6) is 0. The first-order chi connectivity index (χ1) is 8.51. The van der Waals surface area contributed by atoms with E-state index in [1.54, 1.807) is 0 Å². The Morgan fingerprint density at radius 3 is 2.73 bits per heavy atom. The molecule has 0 amide bonds. The number of rotatable bonds is 3. The van der Waals surface area contributed by atoms with Crippen LogP contribution in [0.1, 0.15) is 19.3 Å². The van der Waals surface area contributed by atoms with Gasteiger partial charge in [-0.15, -0.1) is 11.8 Å². The lowest BCUT2D eigenvalue weighted by molar-refractivity contribution is -0.205. The zero-order valence-corrected chi connectivity index (χ0v) is 9.02. The van der Waals surface area contributed by atoms with Crippen molar-refractivity contribution in [1.82, 2.24) is 0 Å². The number of hydrogen-bond acceptors (Lipinski definition) is 6. The van der Waals surface area contributed by atoms with E-state index in [0.29, 0.717) is 11.8 Å². The average Bonchev–Trinajstić information content (AvgIpc) is 2.28. The Balaban J connectivity index is 2.83. The van der Waals surface area contributed by atoms with Gasteiger partial charge in [-0.25, -0.2) is 0 Å². The molecule has 90 valence electrons. The molecule has 0 aromatic rings. The molecule has 0 aromatic carbocycles. The van der Waals surface area contributed by atoms with Gasteiger partial charge >= 0.3 is 0 Å². The lowest BCUT2D eigenvalue weighted by Crippen LogP contribution is -2.57. The van der Waals surface area contributed by atoms with Gasteiger partial charge in [-0.1, -0.05) is 13.8 Å². The Bertz CT molecular complexity index is 311. The van der Waals surface area contributed by atoms with Gasteiger partial charge in [0.25, 0.3) is 0 Å². The quantitative estimate of drug-likeness (QED) is 0.506. The Morgan fingerprint density at radius 2 is 2.20 bits per heavy atom. The zero-order valence-electron chi connectivity index (χ0n) is 12.2. The number of thioether (sulfide) groups is 1. The van der Waals surface area contributed by atoms with Crippen molar-refractivity contribution in [3.63, 3.8) is 0 Å². The molecule has 0 saturated carbocycles. The maximum atomic E-state index is 9.75. The second kappa shape index (κ2) is 5.47. The predicted molar refractivity (Wildman–Crippen MR) is 56.5 cm³/mol.